The van der Waals surface area contributed by atoms with Gasteiger partial charge in [-0.1, -0.05) is 35.9 Å². The number of methoxy groups -OCH3 is 1. The average Bonchev–Trinajstić information content (AvgIpc) is 2.60. The number of halogens is 1. The van der Waals surface area contributed by atoms with Gasteiger partial charge < -0.3 is 14.6 Å². The highest BCUT2D eigenvalue weighted by molar-refractivity contribution is 6.30. The van der Waals surface area contributed by atoms with Gasteiger partial charge in [-0.25, -0.2) is 4.79 Å². The second-order valence-electron chi connectivity index (χ2n) is 6.34. The molecule has 26 heavy (non-hydrogen) atoms. The van der Waals surface area contributed by atoms with Crippen LogP contribution in [0.5, 0.6) is 5.75 Å². The number of nitrogens with one attached hydrogen (secondary N) is 1. The number of ether oxygens (including phenoxy) is 2. The summed E-state index contributed by atoms with van der Waals surface area (Å²) in [4.78, 5) is 11.1. The van der Waals surface area contributed by atoms with Crippen LogP contribution in [-0.4, -0.2) is 30.8 Å². The SMILES string of the molecule is COC(=O)COc1ccc(C[C@H](C)N[C@](C)(O)c2cccc(Cl)c2)cc1. The summed E-state index contributed by atoms with van der Waals surface area (Å²) in [7, 11) is 1.32. The van der Waals surface area contributed by atoms with Crippen molar-refractivity contribution in [3.05, 3.63) is 64.7 Å². The van der Waals surface area contributed by atoms with Crippen molar-refractivity contribution in [2.24, 2.45) is 0 Å². The lowest BCUT2D eigenvalue weighted by molar-refractivity contribution is -0.142. The summed E-state index contributed by atoms with van der Waals surface area (Å²) >= 11 is 6.01. The summed E-state index contributed by atoms with van der Waals surface area (Å²) in [5, 5.41) is 14.5. The number of carbonyl (C=O) groups is 1. The minimum Gasteiger partial charge on any atom is -0.482 e. The van der Waals surface area contributed by atoms with Crippen molar-refractivity contribution in [1.82, 2.24) is 5.32 Å². The van der Waals surface area contributed by atoms with Gasteiger partial charge in [0.1, 0.15) is 11.5 Å². The molecule has 0 aliphatic heterocycles. The Balaban J connectivity index is 1.92. The van der Waals surface area contributed by atoms with E-state index in [4.69, 9.17) is 16.3 Å². The number of esters is 1. The molecule has 0 spiro atoms. The number of hydrogen-bond donors (Lipinski definition) is 2. The molecule has 0 saturated heterocycles. The Bertz CT molecular complexity index is 731. The quantitative estimate of drug-likeness (QED) is 0.546. The van der Waals surface area contributed by atoms with Crippen LogP contribution in [-0.2, 0) is 21.7 Å². The molecule has 0 unspecified atom stereocenters. The fraction of sp³-hybridized carbons (Fsp3) is 0.350. The Morgan fingerprint density at radius 1 is 1.27 bits per heavy atom. The Labute approximate surface area is 158 Å². The number of carbonyl (C=O) groups excluding carboxylic acids is 1. The molecule has 2 atom stereocenters. The normalized spacial score (nSPS) is 14.3. The van der Waals surface area contributed by atoms with Gasteiger partial charge in [-0.15, -0.1) is 0 Å². The fourth-order valence-electron chi connectivity index (χ4n) is 2.68. The third-order valence-electron chi connectivity index (χ3n) is 3.96. The van der Waals surface area contributed by atoms with Gasteiger partial charge in [0.25, 0.3) is 0 Å². The van der Waals surface area contributed by atoms with Crippen LogP contribution in [0.2, 0.25) is 5.02 Å². The molecule has 0 radical (unpaired) electrons. The minimum absolute atomic E-state index is 0.0193. The highest BCUT2D eigenvalue weighted by Crippen LogP contribution is 2.22. The van der Waals surface area contributed by atoms with E-state index >= 15 is 0 Å². The van der Waals surface area contributed by atoms with Gasteiger partial charge >= 0.3 is 5.97 Å². The van der Waals surface area contributed by atoms with Gasteiger partial charge in [0.15, 0.2) is 6.61 Å². The lowest BCUT2D eigenvalue weighted by Crippen LogP contribution is -2.45. The highest BCUT2D eigenvalue weighted by Gasteiger charge is 2.25. The Kier molecular flexibility index (Phi) is 7.03. The largest absolute Gasteiger partial charge is 0.482 e. The monoisotopic (exact) mass is 377 g/mol. The molecule has 2 N–H and O–H groups in total. The van der Waals surface area contributed by atoms with Crippen LogP contribution >= 0.6 is 11.6 Å². The van der Waals surface area contributed by atoms with Crippen LogP contribution in [0.1, 0.15) is 25.0 Å². The second-order valence-corrected chi connectivity index (χ2v) is 6.78. The van der Waals surface area contributed by atoms with E-state index in [-0.39, 0.29) is 12.6 Å². The van der Waals surface area contributed by atoms with Gasteiger partial charge in [0.2, 0.25) is 0 Å². The summed E-state index contributed by atoms with van der Waals surface area (Å²) in [6, 6.07) is 14.6. The fourth-order valence-corrected chi connectivity index (χ4v) is 2.87. The van der Waals surface area contributed by atoms with Crippen LogP contribution in [0, 0.1) is 0 Å². The zero-order valence-electron chi connectivity index (χ0n) is 15.2. The molecule has 0 heterocycles. The van der Waals surface area contributed by atoms with E-state index in [1.165, 1.54) is 7.11 Å². The highest BCUT2D eigenvalue weighted by atomic mass is 35.5. The zero-order valence-corrected chi connectivity index (χ0v) is 15.9. The van der Waals surface area contributed by atoms with Crippen molar-refractivity contribution in [2.45, 2.75) is 32.0 Å². The van der Waals surface area contributed by atoms with Gasteiger partial charge in [-0.05, 0) is 55.7 Å². The van der Waals surface area contributed by atoms with Crippen LogP contribution in [0.25, 0.3) is 0 Å². The number of benzene rings is 2. The number of hydrogen-bond acceptors (Lipinski definition) is 5. The second kappa shape index (κ2) is 9.03. The zero-order chi connectivity index (χ0) is 19.2. The number of aliphatic hydroxyl groups is 1. The van der Waals surface area contributed by atoms with Crippen LogP contribution in [0.4, 0.5) is 0 Å². The molecule has 140 valence electrons. The molecule has 2 aromatic carbocycles. The van der Waals surface area contributed by atoms with E-state index in [1.807, 2.05) is 31.2 Å². The van der Waals surface area contributed by atoms with Crippen LogP contribution < -0.4 is 10.1 Å². The van der Waals surface area contributed by atoms with Gasteiger partial charge in [-0.2, -0.15) is 0 Å². The third kappa shape index (κ3) is 6.02. The third-order valence-corrected chi connectivity index (χ3v) is 4.20. The first-order valence-electron chi connectivity index (χ1n) is 8.35. The molecule has 2 aromatic rings. The average molecular weight is 378 g/mol. The molecule has 0 saturated carbocycles. The van der Waals surface area contributed by atoms with Crippen molar-refractivity contribution in [3.63, 3.8) is 0 Å². The molecule has 6 heteroatoms. The molecule has 2 rings (SSSR count). The van der Waals surface area contributed by atoms with Crippen molar-refractivity contribution < 1.29 is 19.4 Å². The van der Waals surface area contributed by atoms with Crippen molar-refractivity contribution >= 4 is 17.6 Å². The Morgan fingerprint density at radius 2 is 1.96 bits per heavy atom. The lowest BCUT2D eigenvalue weighted by Gasteiger charge is -2.29. The lowest BCUT2D eigenvalue weighted by atomic mass is 10.0. The molecular weight excluding hydrogens is 354 g/mol. The molecule has 0 fully saturated rings. The molecular formula is C20H24ClNO4. The summed E-state index contributed by atoms with van der Waals surface area (Å²) in [6.45, 7) is 3.59. The van der Waals surface area contributed by atoms with E-state index in [9.17, 15) is 9.90 Å². The van der Waals surface area contributed by atoms with E-state index in [1.54, 1.807) is 31.2 Å². The van der Waals surface area contributed by atoms with Gasteiger partial charge in [0.05, 0.1) is 7.11 Å². The van der Waals surface area contributed by atoms with Gasteiger partial charge in [0, 0.05) is 11.1 Å². The summed E-state index contributed by atoms with van der Waals surface area (Å²) < 4.78 is 9.86. The molecule has 0 aromatic heterocycles. The summed E-state index contributed by atoms with van der Waals surface area (Å²) in [5.74, 6) is 0.181. The van der Waals surface area contributed by atoms with Crippen LogP contribution in [0.3, 0.4) is 0 Å². The maximum atomic E-state index is 11.1. The molecule has 0 amide bonds. The minimum atomic E-state index is -1.19. The molecule has 5 nitrogen and oxygen atoms in total. The Hall–Kier alpha value is -2.08. The number of rotatable bonds is 8. The smallest absolute Gasteiger partial charge is 0.343 e. The maximum absolute atomic E-state index is 11.1. The standard InChI is InChI=1S/C20H24ClNO4/c1-14(22-20(2,24)16-5-4-6-17(21)12-16)11-15-7-9-18(10-8-15)26-13-19(23)25-3/h4-10,12,14,22,24H,11,13H2,1-3H3/t14-,20+/m0/s1. The predicted octanol–water partition coefficient (Wildman–Crippen LogP) is 3.28. The first kappa shape index (κ1) is 20.2. The van der Waals surface area contributed by atoms with E-state index in [0.29, 0.717) is 22.8 Å². The van der Waals surface area contributed by atoms with Gasteiger partial charge in [-0.3, -0.25) is 5.32 Å². The van der Waals surface area contributed by atoms with E-state index < -0.39 is 11.7 Å². The van der Waals surface area contributed by atoms with E-state index in [2.05, 4.69) is 10.1 Å². The predicted molar refractivity (Wildman–Crippen MR) is 101 cm³/mol. The Morgan fingerprint density at radius 3 is 2.58 bits per heavy atom. The molecule has 0 aliphatic carbocycles. The topological polar surface area (TPSA) is 67.8 Å². The summed E-state index contributed by atoms with van der Waals surface area (Å²) in [5.41, 5.74) is 0.606. The molecule has 0 aliphatic rings. The van der Waals surface area contributed by atoms with E-state index in [0.717, 1.165) is 5.56 Å². The van der Waals surface area contributed by atoms with Crippen LogP contribution in [0.15, 0.2) is 48.5 Å². The summed E-state index contributed by atoms with van der Waals surface area (Å²) in [6.07, 6.45) is 0.716. The first-order valence-corrected chi connectivity index (χ1v) is 8.72. The van der Waals surface area contributed by atoms with Crippen molar-refractivity contribution in [2.75, 3.05) is 13.7 Å². The van der Waals surface area contributed by atoms with Crippen molar-refractivity contribution in [1.29, 1.82) is 0 Å². The first-order chi connectivity index (χ1) is 12.3. The molecule has 0 bridgehead atoms. The van der Waals surface area contributed by atoms with Crippen molar-refractivity contribution in [3.8, 4) is 5.75 Å². The maximum Gasteiger partial charge on any atom is 0.343 e.